The van der Waals surface area contributed by atoms with E-state index in [9.17, 15) is 0 Å². The van der Waals surface area contributed by atoms with Crippen LogP contribution in [0.4, 0.5) is 0 Å². The van der Waals surface area contributed by atoms with Gasteiger partial charge >= 0.3 is 78.2 Å². The number of benzene rings is 1. The average molecular weight is 225 g/mol. The summed E-state index contributed by atoms with van der Waals surface area (Å²) in [5, 5.41) is 0. The molecule has 1 aliphatic heterocycles. The van der Waals surface area contributed by atoms with E-state index in [1.165, 1.54) is 9.12 Å². The maximum atomic E-state index is 5.45. The molecule has 0 fully saturated rings. The third-order valence-corrected chi connectivity index (χ3v) is 3.72. The molecule has 62 valence electrons. The third-order valence-electron chi connectivity index (χ3n) is 1.63. The van der Waals surface area contributed by atoms with Gasteiger partial charge < -0.3 is 0 Å². The van der Waals surface area contributed by atoms with Gasteiger partial charge in [-0.05, 0) is 0 Å². The van der Waals surface area contributed by atoms with Gasteiger partial charge in [-0.1, -0.05) is 0 Å². The Morgan fingerprint density at radius 2 is 2.00 bits per heavy atom. The van der Waals surface area contributed by atoms with Crippen molar-refractivity contribution in [2.45, 2.75) is 6.42 Å². The second-order valence-electron chi connectivity index (χ2n) is 2.58. The van der Waals surface area contributed by atoms with E-state index in [0.717, 1.165) is 13.0 Å². The maximum absolute atomic E-state index is 5.45. The van der Waals surface area contributed by atoms with Crippen molar-refractivity contribution in [1.29, 1.82) is 0 Å². The summed E-state index contributed by atoms with van der Waals surface area (Å²) < 4.78 is 8.02. The quantitative estimate of drug-likeness (QED) is 0.689. The number of hydrogen-bond acceptors (Lipinski definition) is 1. The first-order chi connectivity index (χ1) is 5.95. The molecular formula is C10H10OSe. The van der Waals surface area contributed by atoms with Crippen LogP contribution in [0.25, 0.3) is 0 Å². The monoisotopic (exact) mass is 226 g/mol. The zero-order valence-corrected chi connectivity index (χ0v) is 8.41. The molecule has 1 aliphatic rings. The van der Waals surface area contributed by atoms with Crippen molar-refractivity contribution in [3.8, 4) is 0 Å². The summed E-state index contributed by atoms with van der Waals surface area (Å²) in [6.07, 6.45) is 3.29. The van der Waals surface area contributed by atoms with Crippen LogP contribution in [0.15, 0.2) is 41.1 Å². The minimum atomic E-state index is 0.387. The molecule has 1 aromatic rings. The molecule has 1 aromatic carbocycles. The minimum absolute atomic E-state index is 0.387. The topological polar surface area (TPSA) is 9.23 Å². The Hall–Kier alpha value is -0.721. The summed E-state index contributed by atoms with van der Waals surface area (Å²) in [6.45, 7) is 0.879. The van der Waals surface area contributed by atoms with Gasteiger partial charge in [0.25, 0.3) is 0 Å². The molecule has 0 N–H and O–H groups in total. The van der Waals surface area contributed by atoms with Crippen molar-refractivity contribution in [2.24, 2.45) is 0 Å². The fraction of sp³-hybridized carbons (Fsp3) is 0.200. The standard InChI is InChI=1S/C10H10OSe/c1-2-5-9(6-3-1)12-10-7-4-8-11-10/h1-3,5-7H,4,8H2. The molecule has 2 heteroatoms. The first-order valence-corrected chi connectivity index (χ1v) is 5.72. The first kappa shape index (κ1) is 7.90. The summed E-state index contributed by atoms with van der Waals surface area (Å²) in [4.78, 5) is 0. The van der Waals surface area contributed by atoms with Gasteiger partial charge in [0, 0.05) is 0 Å². The molecule has 0 unspecified atom stereocenters. The number of ether oxygens (including phenoxy) is 1. The predicted molar refractivity (Wildman–Crippen MR) is 50.5 cm³/mol. The Balaban J connectivity index is 2.04. The fourth-order valence-electron chi connectivity index (χ4n) is 1.07. The normalized spacial score (nSPS) is 15.5. The molecule has 0 atom stereocenters. The Morgan fingerprint density at radius 3 is 2.67 bits per heavy atom. The summed E-state index contributed by atoms with van der Waals surface area (Å²) in [7, 11) is 0. The Kier molecular flexibility index (Phi) is 2.50. The van der Waals surface area contributed by atoms with E-state index in [0.29, 0.717) is 15.0 Å². The van der Waals surface area contributed by atoms with E-state index >= 15 is 0 Å². The van der Waals surface area contributed by atoms with Crippen LogP contribution in [-0.2, 0) is 4.74 Å². The van der Waals surface area contributed by atoms with Crippen LogP contribution >= 0.6 is 0 Å². The van der Waals surface area contributed by atoms with Crippen molar-refractivity contribution < 1.29 is 4.74 Å². The fourth-order valence-corrected chi connectivity index (χ4v) is 2.89. The van der Waals surface area contributed by atoms with Crippen LogP contribution in [0.3, 0.4) is 0 Å². The zero-order chi connectivity index (χ0) is 8.23. The Bertz CT molecular complexity index is 279. The molecular weight excluding hydrogens is 215 g/mol. The summed E-state index contributed by atoms with van der Waals surface area (Å²) in [5.74, 6) is 0. The van der Waals surface area contributed by atoms with Crippen molar-refractivity contribution in [1.82, 2.24) is 0 Å². The van der Waals surface area contributed by atoms with E-state index in [2.05, 4.69) is 30.3 Å². The van der Waals surface area contributed by atoms with Gasteiger partial charge in [0.15, 0.2) is 0 Å². The van der Waals surface area contributed by atoms with Crippen molar-refractivity contribution >= 4 is 19.4 Å². The SMILES string of the molecule is C1=C([Se]c2ccccc2)OCC1. The van der Waals surface area contributed by atoms with Gasteiger partial charge in [-0.25, -0.2) is 0 Å². The van der Waals surface area contributed by atoms with Gasteiger partial charge in [0.2, 0.25) is 0 Å². The Labute approximate surface area is 78.6 Å². The van der Waals surface area contributed by atoms with Gasteiger partial charge in [-0.3, -0.25) is 0 Å². The van der Waals surface area contributed by atoms with E-state index in [1.807, 2.05) is 6.07 Å². The van der Waals surface area contributed by atoms with Gasteiger partial charge in [0.05, 0.1) is 0 Å². The summed E-state index contributed by atoms with van der Waals surface area (Å²) >= 11 is 0.387. The van der Waals surface area contributed by atoms with E-state index in [1.54, 1.807) is 0 Å². The van der Waals surface area contributed by atoms with Crippen molar-refractivity contribution in [3.05, 3.63) is 41.1 Å². The third kappa shape index (κ3) is 1.90. The molecule has 0 spiro atoms. The molecule has 0 bridgehead atoms. The molecule has 0 radical (unpaired) electrons. The molecule has 2 rings (SSSR count). The molecule has 1 heterocycles. The van der Waals surface area contributed by atoms with Gasteiger partial charge in [-0.15, -0.1) is 0 Å². The van der Waals surface area contributed by atoms with Crippen LogP contribution < -0.4 is 4.46 Å². The van der Waals surface area contributed by atoms with Gasteiger partial charge in [0.1, 0.15) is 0 Å². The van der Waals surface area contributed by atoms with Crippen LogP contribution in [0.5, 0.6) is 0 Å². The molecule has 12 heavy (non-hydrogen) atoms. The van der Waals surface area contributed by atoms with Crippen LogP contribution in [0.2, 0.25) is 0 Å². The predicted octanol–water partition coefficient (Wildman–Crippen LogP) is 1.28. The Morgan fingerprint density at radius 1 is 1.17 bits per heavy atom. The zero-order valence-electron chi connectivity index (χ0n) is 6.69. The molecule has 0 amide bonds. The molecule has 1 nitrogen and oxygen atoms in total. The van der Waals surface area contributed by atoms with E-state index < -0.39 is 0 Å². The molecule has 0 aromatic heterocycles. The van der Waals surface area contributed by atoms with Crippen LogP contribution in [0.1, 0.15) is 6.42 Å². The second-order valence-corrected chi connectivity index (χ2v) is 4.84. The number of rotatable bonds is 2. The summed E-state index contributed by atoms with van der Waals surface area (Å²) in [6, 6.07) is 10.5. The molecule has 0 saturated heterocycles. The number of hydrogen-bond donors (Lipinski definition) is 0. The summed E-state index contributed by atoms with van der Waals surface area (Å²) in [5.41, 5.74) is 0. The first-order valence-electron chi connectivity index (χ1n) is 4.01. The second kappa shape index (κ2) is 3.79. The molecule has 0 saturated carbocycles. The van der Waals surface area contributed by atoms with Crippen LogP contribution in [-0.4, -0.2) is 21.6 Å². The van der Waals surface area contributed by atoms with E-state index in [4.69, 9.17) is 4.74 Å². The average Bonchev–Trinajstić information content (AvgIpc) is 2.59. The van der Waals surface area contributed by atoms with E-state index in [-0.39, 0.29) is 0 Å². The van der Waals surface area contributed by atoms with Crippen molar-refractivity contribution in [2.75, 3.05) is 6.61 Å². The van der Waals surface area contributed by atoms with Crippen molar-refractivity contribution in [3.63, 3.8) is 0 Å². The molecule has 0 aliphatic carbocycles. The van der Waals surface area contributed by atoms with Crippen LogP contribution in [0, 0.1) is 0 Å². The van der Waals surface area contributed by atoms with Gasteiger partial charge in [-0.2, -0.15) is 0 Å².